The van der Waals surface area contributed by atoms with Crippen LogP contribution in [-0.4, -0.2) is 31.9 Å². The van der Waals surface area contributed by atoms with Gasteiger partial charge in [-0.05, 0) is 86.7 Å². The third kappa shape index (κ3) is 6.07. The highest BCUT2D eigenvalue weighted by Gasteiger charge is 2.15. The number of carboxylic acid groups (broad SMARTS) is 1. The summed E-state index contributed by atoms with van der Waals surface area (Å²) in [5.41, 5.74) is 6.26. The summed E-state index contributed by atoms with van der Waals surface area (Å²) < 4.78 is 13.7. The number of hydrogen-bond donors (Lipinski definition) is 2. The van der Waals surface area contributed by atoms with E-state index in [1.165, 1.54) is 12.1 Å². The van der Waals surface area contributed by atoms with E-state index in [1.54, 1.807) is 30.5 Å². The highest BCUT2D eigenvalue weighted by Crippen LogP contribution is 2.28. The third-order valence-electron chi connectivity index (χ3n) is 5.90. The Balaban J connectivity index is 1.63. The van der Waals surface area contributed by atoms with Crippen LogP contribution in [0.15, 0.2) is 54.7 Å². The number of pyridine rings is 1. The van der Waals surface area contributed by atoms with Gasteiger partial charge in [0.15, 0.2) is 0 Å². The molecule has 2 heterocycles. The normalized spacial score (nSPS) is 11.0. The lowest BCUT2D eigenvalue weighted by Gasteiger charge is -2.13. The number of carboxylic acids is 1. The Morgan fingerprint density at radius 3 is 2.53 bits per heavy atom. The molecule has 1 amide bonds. The smallest absolute Gasteiger partial charge is 0.303 e. The molecule has 36 heavy (non-hydrogen) atoms. The van der Waals surface area contributed by atoms with E-state index in [1.807, 2.05) is 26.0 Å². The summed E-state index contributed by atoms with van der Waals surface area (Å²) >= 11 is 0. The van der Waals surface area contributed by atoms with Gasteiger partial charge in [-0.3, -0.25) is 14.6 Å². The summed E-state index contributed by atoms with van der Waals surface area (Å²) in [6.07, 6.45) is 3.46. The van der Waals surface area contributed by atoms with Crippen LogP contribution < -0.4 is 5.32 Å². The van der Waals surface area contributed by atoms with E-state index >= 15 is 0 Å². The van der Waals surface area contributed by atoms with Gasteiger partial charge in [-0.1, -0.05) is 6.07 Å². The molecule has 0 fully saturated rings. The van der Waals surface area contributed by atoms with Crippen molar-refractivity contribution in [2.75, 3.05) is 0 Å². The predicted octanol–water partition coefficient (Wildman–Crippen LogP) is 5.18. The SMILES string of the molecule is Cc1ccc(CNC(=O)c2ccc3nc(-c4ccc(F)cc4C)c(CCCCC(=O)O)nc3c2)nc1. The van der Waals surface area contributed by atoms with Gasteiger partial charge < -0.3 is 10.4 Å². The van der Waals surface area contributed by atoms with Crippen LogP contribution in [0.4, 0.5) is 4.39 Å². The maximum Gasteiger partial charge on any atom is 0.303 e. The fourth-order valence-electron chi connectivity index (χ4n) is 3.96. The Morgan fingerprint density at radius 2 is 1.81 bits per heavy atom. The zero-order chi connectivity index (χ0) is 25.7. The van der Waals surface area contributed by atoms with Crippen molar-refractivity contribution in [2.24, 2.45) is 0 Å². The van der Waals surface area contributed by atoms with Crippen LogP contribution >= 0.6 is 0 Å². The van der Waals surface area contributed by atoms with Crippen LogP contribution in [0.1, 0.15) is 52.1 Å². The molecule has 0 unspecified atom stereocenters. The number of hydrogen-bond acceptors (Lipinski definition) is 5. The zero-order valence-corrected chi connectivity index (χ0v) is 20.2. The number of carbonyl (C=O) groups excluding carboxylic acids is 1. The van der Waals surface area contributed by atoms with Crippen LogP contribution in [0.2, 0.25) is 0 Å². The van der Waals surface area contributed by atoms with Crippen molar-refractivity contribution in [3.8, 4) is 11.3 Å². The lowest BCUT2D eigenvalue weighted by Crippen LogP contribution is -2.23. The number of aromatic nitrogens is 3. The van der Waals surface area contributed by atoms with Gasteiger partial charge in [0.2, 0.25) is 0 Å². The molecule has 0 spiro atoms. The molecule has 2 N–H and O–H groups in total. The minimum atomic E-state index is -0.842. The molecule has 0 radical (unpaired) electrons. The van der Waals surface area contributed by atoms with Crippen LogP contribution in [0.3, 0.4) is 0 Å². The van der Waals surface area contributed by atoms with E-state index in [2.05, 4.69) is 10.3 Å². The molecule has 0 aliphatic rings. The van der Waals surface area contributed by atoms with Gasteiger partial charge in [-0.25, -0.2) is 14.4 Å². The average molecular weight is 487 g/mol. The monoisotopic (exact) mass is 486 g/mol. The Hall–Kier alpha value is -4.20. The molecule has 184 valence electrons. The molecule has 0 aliphatic heterocycles. The van der Waals surface area contributed by atoms with Crippen LogP contribution in [0, 0.1) is 19.7 Å². The summed E-state index contributed by atoms with van der Waals surface area (Å²) in [5, 5.41) is 11.8. The fraction of sp³-hybridized carbons (Fsp3) is 0.250. The maximum atomic E-state index is 13.7. The number of rotatable bonds is 9. The van der Waals surface area contributed by atoms with Gasteiger partial charge in [-0.2, -0.15) is 0 Å². The Bertz CT molecular complexity index is 1420. The molecule has 8 heteroatoms. The van der Waals surface area contributed by atoms with Gasteiger partial charge in [0, 0.05) is 23.7 Å². The van der Waals surface area contributed by atoms with Crippen molar-refractivity contribution < 1.29 is 19.1 Å². The minimum Gasteiger partial charge on any atom is -0.481 e. The number of benzene rings is 2. The maximum absolute atomic E-state index is 13.7. The molecule has 0 saturated heterocycles. The van der Waals surface area contributed by atoms with Crippen molar-refractivity contribution in [3.63, 3.8) is 0 Å². The molecular weight excluding hydrogens is 459 g/mol. The van der Waals surface area contributed by atoms with E-state index in [4.69, 9.17) is 15.1 Å². The Morgan fingerprint density at radius 1 is 0.972 bits per heavy atom. The minimum absolute atomic E-state index is 0.0755. The number of aryl methyl sites for hydroxylation is 3. The third-order valence-corrected chi connectivity index (χ3v) is 5.90. The molecule has 7 nitrogen and oxygen atoms in total. The molecule has 0 saturated carbocycles. The molecule has 0 aliphatic carbocycles. The van der Waals surface area contributed by atoms with Gasteiger partial charge >= 0.3 is 5.97 Å². The first-order valence-corrected chi connectivity index (χ1v) is 11.8. The van der Waals surface area contributed by atoms with Crippen LogP contribution in [0.5, 0.6) is 0 Å². The lowest BCUT2D eigenvalue weighted by molar-refractivity contribution is -0.137. The highest BCUT2D eigenvalue weighted by molar-refractivity contribution is 5.97. The second kappa shape index (κ2) is 11.0. The number of unbranched alkanes of at least 4 members (excludes halogenated alkanes) is 1. The molecule has 2 aromatic heterocycles. The number of nitrogens with one attached hydrogen (secondary N) is 1. The zero-order valence-electron chi connectivity index (χ0n) is 20.2. The number of aliphatic carboxylic acids is 1. The van der Waals surface area contributed by atoms with Gasteiger partial charge in [0.25, 0.3) is 5.91 Å². The van der Waals surface area contributed by atoms with Crippen molar-refractivity contribution in [2.45, 2.75) is 46.1 Å². The largest absolute Gasteiger partial charge is 0.481 e. The molecule has 4 aromatic rings. The first kappa shape index (κ1) is 24.9. The van der Waals surface area contributed by atoms with Crippen molar-refractivity contribution in [1.82, 2.24) is 20.3 Å². The van der Waals surface area contributed by atoms with E-state index in [0.29, 0.717) is 53.8 Å². The number of fused-ring (bicyclic) bond motifs is 1. The summed E-state index contributed by atoms with van der Waals surface area (Å²) in [4.78, 5) is 37.6. The number of nitrogens with zero attached hydrogens (tertiary/aromatic N) is 3. The molecule has 2 aromatic carbocycles. The quantitative estimate of drug-likeness (QED) is 0.316. The Labute approximate surface area is 208 Å². The second-order valence-corrected chi connectivity index (χ2v) is 8.79. The van der Waals surface area contributed by atoms with Crippen LogP contribution in [-0.2, 0) is 17.8 Å². The summed E-state index contributed by atoms with van der Waals surface area (Å²) in [6.45, 7) is 4.07. The first-order valence-electron chi connectivity index (χ1n) is 11.8. The van der Waals surface area contributed by atoms with E-state index in [0.717, 1.165) is 22.4 Å². The summed E-state index contributed by atoms with van der Waals surface area (Å²) in [5.74, 6) is -1.42. The van der Waals surface area contributed by atoms with Gasteiger partial charge in [0.05, 0.1) is 34.7 Å². The molecular formula is C28H27FN4O3. The highest BCUT2D eigenvalue weighted by atomic mass is 19.1. The van der Waals surface area contributed by atoms with E-state index < -0.39 is 5.97 Å². The fourth-order valence-corrected chi connectivity index (χ4v) is 3.96. The van der Waals surface area contributed by atoms with Gasteiger partial charge in [0.1, 0.15) is 5.82 Å². The molecule has 0 bridgehead atoms. The lowest BCUT2D eigenvalue weighted by atomic mass is 10.0. The average Bonchev–Trinajstić information content (AvgIpc) is 2.85. The van der Waals surface area contributed by atoms with Crippen LogP contribution in [0.25, 0.3) is 22.3 Å². The predicted molar refractivity (Wildman–Crippen MR) is 135 cm³/mol. The molecule has 0 atom stereocenters. The number of amides is 1. The van der Waals surface area contributed by atoms with Crippen molar-refractivity contribution >= 4 is 22.9 Å². The van der Waals surface area contributed by atoms with Gasteiger partial charge in [-0.15, -0.1) is 0 Å². The number of halogens is 1. The first-order chi connectivity index (χ1) is 17.3. The number of carbonyl (C=O) groups is 2. The summed E-state index contributed by atoms with van der Waals surface area (Å²) in [6, 6.07) is 13.5. The van der Waals surface area contributed by atoms with Crippen molar-refractivity contribution in [1.29, 1.82) is 0 Å². The summed E-state index contributed by atoms with van der Waals surface area (Å²) in [7, 11) is 0. The second-order valence-electron chi connectivity index (χ2n) is 8.79. The van der Waals surface area contributed by atoms with Crippen molar-refractivity contribution in [3.05, 3.63) is 88.6 Å². The molecule has 4 rings (SSSR count). The van der Waals surface area contributed by atoms with E-state index in [-0.39, 0.29) is 18.1 Å². The van der Waals surface area contributed by atoms with E-state index in [9.17, 15) is 14.0 Å². The Kier molecular flexibility index (Phi) is 7.63. The standard InChI is InChI=1S/C28H27FN4O3/c1-17-7-10-21(30-15-17)16-31-28(36)19-8-12-23-25(14-19)32-24(5-3-4-6-26(34)35)27(33-23)22-11-9-20(29)13-18(22)2/h7-15H,3-6,16H2,1-2H3,(H,31,36)(H,34,35). The topological polar surface area (TPSA) is 105 Å².